The number of hydrogen-bond donors (Lipinski definition) is 1. The predicted octanol–water partition coefficient (Wildman–Crippen LogP) is 10.8. The van der Waals surface area contributed by atoms with Crippen LogP contribution in [0.5, 0.6) is 0 Å². The fourth-order valence-electron chi connectivity index (χ4n) is 6.23. The van der Waals surface area contributed by atoms with Gasteiger partial charge in [0.2, 0.25) is 0 Å². The number of pyridine rings is 1. The van der Waals surface area contributed by atoms with Gasteiger partial charge in [0.25, 0.3) is 0 Å². The zero-order chi connectivity index (χ0) is 30.6. The van der Waals surface area contributed by atoms with Crippen LogP contribution in [0.4, 0.5) is 0 Å². The normalized spacial score (nSPS) is 15.9. The molecule has 227 valence electrons. The Kier molecular flexibility index (Phi) is 9.16. The largest absolute Gasteiger partial charge is 0.512 e. The van der Waals surface area contributed by atoms with Crippen molar-refractivity contribution in [1.82, 2.24) is 4.98 Å². The number of benzene rings is 3. The summed E-state index contributed by atoms with van der Waals surface area (Å²) in [4.78, 5) is 15.0. The molecule has 5 aromatic rings. The fraction of sp³-hybridized carbons (Fsp3) is 0.368. The molecule has 1 radical (unpaired) electrons. The van der Waals surface area contributed by atoms with E-state index in [-0.39, 0.29) is 47.9 Å². The standard InChI is InChI=1S/C33H34NS.C5H8O2.Ir/c1-31(2,3)25-17-21(16-20-10-8-9-11-22(20)25)29-30-23(12-15-34-29)24-18-26-27(19-28(24)35-30)33(6,7)14-13-32(26,4)5;1-4(6)3-5(2)7;/h8-12,15,17-19H,13-14H2,1-7H3;3,6H,1-2H3;/q-1;;/b;4-3-;. The van der Waals surface area contributed by atoms with E-state index >= 15 is 0 Å². The van der Waals surface area contributed by atoms with E-state index in [1.54, 1.807) is 0 Å². The maximum Gasteiger partial charge on any atom is 0.155 e. The summed E-state index contributed by atoms with van der Waals surface area (Å²) in [6, 6.07) is 21.9. The number of carbonyl (C=O) groups excluding carboxylic acids is 1. The van der Waals surface area contributed by atoms with Gasteiger partial charge in [-0.2, -0.15) is 0 Å². The average Bonchev–Trinajstić information content (AvgIpc) is 3.27. The summed E-state index contributed by atoms with van der Waals surface area (Å²) in [5.74, 6) is -0.0625. The first-order valence-electron chi connectivity index (χ1n) is 14.8. The molecular formula is C38H42IrNO2S-. The van der Waals surface area contributed by atoms with Crippen molar-refractivity contribution in [3.8, 4) is 11.3 Å². The molecule has 0 spiro atoms. The topological polar surface area (TPSA) is 50.2 Å². The van der Waals surface area contributed by atoms with Crippen LogP contribution in [0, 0.1) is 6.07 Å². The van der Waals surface area contributed by atoms with Gasteiger partial charge in [-0.15, -0.1) is 40.5 Å². The van der Waals surface area contributed by atoms with Crippen molar-refractivity contribution in [1.29, 1.82) is 0 Å². The summed E-state index contributed by atoms with van der Waals surface area (Å²) < 4.78 is 2.64. The average molecular weight is 769 g/mol. The van der Waals surface area contributed by atoms with E-state index in [2.05, 4.69) is 103 Å². The summed E-state index contributed by atoms with van der Waals surface area (Å²) >= 11 is 1.89. The molecule has 1 aliphatic rings. The van der Waals surface area contributed by atoms with Gasteiger partial charge in [-0.3, -0.25) is 9.78 Å². The van der Waals surface area contributed by atoms with Crippen LogP contribution in [0.2, 0.25) is 0 Å². The summed E-state index contributed by atoms with van der Waals surface area (Å²) in [6.07, 6.45) is 5.62. The predicted molar refractivity (Wildman–Crippen MR) is 180 cm³/mol. The minimum absolute atomic E-state index is 0. The number of ketones is 1. The second-order valence-corrected chi connectivity index (χ2v) is 15.1. The minimum atomic E-state index is -0.125. The molecule has 3 aromatic carbocycles. The van der Waals surface area contributed by atoms with Crippen LogP contribution in [0.1, 0.15) is 91.8 Å². The van der Waals surface area contributed by atoms with E-state index in [0.717, 1.165) is 16.6 Å². The molecule has 6 rings (SSSR count). The van der Waals surface area contributed by atoms with E-state index in [1.165, 1.54) is 75.0 Å². The van der Waals surface area contributed by atoms with Crippen LogP contribution in [0.25, 0.3) is 42.2 Å². The molecule has 0 saturated heterocycles. The zero-order valence-electron chi connectivity index (χ0n) is 26.7. The molecule has 0 atom stereocenters. The second-order valence-electron chi connectivity index (χ2n) is 14.1. The molecule has 0 fully saturated rings. The molecular weight excluding hydrogens is 727 g/mol. The molecule has 0 saturated carbocycles. The van der Waals surface area contributed by atoms with Crippen LogP contribution in [-0.2, 0) is 41.1 Å². The van der Waals surface area contributed by atoms with Gasteiger partial charge in [-0.1, -0.05) is 77.6 Å². The van der Waals surface area contributed by atoms with Crippen LogP contribution < -0.4 is 0 Å². The molecule has 2 heterocycles. The summed E-state index contributed by atoms with van der Waals surface area (Å²) in [5, 5.41) is 13.5. The Bertz CT molecular complexity index is 1870. The van der Waals surface area contributed by atoms with Gasteiger partial charge in [0.1, 0.15) is 0 Å². The Labute approximate surface area is 273 Å². The molecule has 43 heavy (non-hydrogen) atoms. The van der Waals surface area contributed by atoms with Gasteiger partial charge < -0.3 is 5.11 Å². The zero-order valence-corrected chi connectivity index (χ0v) is 29.9. The molecule has 2 aromatic heterocycles. The van der Waals surface area contributed by atoms with Gasteiger partial charge in [-0.25, -0.2) is 0 Å². The fourth-order valence-corrected chi connectivity index (χ4v) is 7.45. The molecule has 0 amide bonds. The summed E-state index contributed by atoms with van der Waals surface area (Å²) in [5.41, 5.74) is 6.99. The molecule has 0 bridgehead atoms. The van der Waals surface area contributed by atoms with Gasteiger partial charge in [-0.05, 0) is 77.6 Å². The maximum absolute atomic E-state index is 10.0. The van der Waals surface area contributed by atoms with Crippen molar-refractivity contribution in [3.05, 3.63) is 89.3 Å². The van der Waals surface area contributed by atoms with Crippen molar-refractivity contribution >= 4 is 48.1 Å². The number of hydrogen-bond acceptors (Lipinski definition) is 4. The van der Waals surface area contributed by atoms with Gasteiger partial charge in [0.05, 0.1) is 5.76 Å². The Morgan fingerprint density at radius 1 is 0.930 bits per heavy atom. The Hall–Kier alpha value is -2.85. The smallest absolute Gasteiger partial charge is 0.155 e. The van der Waals surface area contributed by atoms with Crippen molar-refractivity contribution in [2.75, 3.05) is 0 Å². The second kappa shape index (κ2) is 11.9. The monoisotopic (exact) mass is 769 g/mol. The van der Waals surface area contributed by atoms with E-state index < -0.39 is 0 Å². The third-order valence-corrected chi connectivity index (χ3v) is 9.79. The third-order valence-electron chi connectivity index (χ3n) is 8.61. The molecule has 5 heteroatoms. The van der Waals surface area contributed by atoms with E-state index in [9.17, 15) is 4.79 Å². The number of aromatic nitrogens is 1. The SMILES string of the molecule is CC(=O)/C=C(/C)O.CC(C)(C)c1cc(-c2nccc3c2sc2cc4c(cc23)C(C)(C)CCC4(C)C)[c-]c2ccccc12.[Ir]. The van der Waals surface area contributed by atoms with Crippen LogP contribution in [0.15, 0.2) is 66.6 Å². The number of allylic oxidation sites excluding steroid dienone is 2. The maximum atomic E-state index is 10.0. The number of carbonyl (C=O) groups is 1. The quantitative estimate of drug-likeness (QED) is 0.111. The molecule has 0 unspecified atom stereocenters. The Balaban J connectivity index is 0.000000475. The van der Waals surface area contributed by atoms with Gasteiger partial charge >= 0.3 is 0 Å². The first kappa shape index (κ1) is 33.1. The Morgan fingerprint density at radius 2 is 1.56 bits per heavy atom. The number of nitrogens with zero attached hydrogens (tertiary/aromatic N) is 1. The minimum Gasteiger partial charge on any atom is -0.512 e. The van der Waals surface area contributed by atoms with Crippen molar-refractivity contribution in [2.45, 2.75) is 91.4 Å². The van der Waals surface area contributed by atoms with Crippen molar-refractivity contribution in [3.63, 3.8) is 0 Å². The number of aliphatic hydroxyl groups is 1. The van der Waals surface area contributed by atoms with Crippen molar-refractivity contribution < 1.29 is 30.0 Å². The van der Waals surface area contributed by atoms with Gasteiger partial charge in [0, 0.05) is 52.9 Å². The summed E-state index contributed by atoms with van der Waals surface area (Å²) in [6.45, 7) is 19.4. The Morgan fingerprint density at radius 3 is 2.14 bits per heavy atom. The third kappa shape index (κ3) is 6.50. The van der Waals surface area contributed by atoms with Crippen LogP contribution in [-0.4, -0.2) is 15.9 Å². The number of rotatable bonds is 2. The van der Waals surface area contributed by atoms with Crippen LogP contribution >= 0.6 is 11.3 Å². The van der Waals surface area contributed by atoms with Gasteiger partial charge in [0.15, 0.2) is 5.78 Å². The van der Waals surface area contributed by atoms with E-state index in [1.807, 2.05) is 17.5 Å². The first-order chi connectivity index (χ1) is 19.6. The molecule has 3 nitrogen and oxygen atoms in total. The summed E-state index contributed by atoms with van der Waals surface area (Å²) in [7, 11) is 0. The first-order valence-corrected chi connectivity index (χ1v) is 15.6. The molecule has 0 aliphatic heterocycles. The van der Waals surface area contributed by atoms with E-state index in [0.29, 0.717) is 0 Å². The molecule has 1 N–H and O–H groups in total. The number of fused-ring (bicyclic) bond motifs is 5. The van der Waals surface area contributed by atoms with Crippen LogP contribution in [0.3, 0.4) is 0 Å². The van der Waals surface area contributed by atoms with E-state index in [4.69, 9.17) is 10.1 Å². The molecule has 1 aliphatic carbocycles. The number of thiophene rings is 1. The van der Waals surface area contributed by atoms with Crippen molar-refractivity contribution in [2.24, 2.45) is 0 Å². The number of aliphatic hydroxyl groups excluding tert-OH is 1.